The molecule has 21 heavy (non-hydrogen) atoms. The van der Waals surface area contributed by atoms with Gasteiger partial charge >= 0.3 is 11.8 Å². The van der Waals surface area contributed by atoms with Crippen LogP contribution >= 0.6 is 0 Å². The lowest BCUT2D eigenvalue weighted by atomic mass is 10.3. The van der Waals surface area contributed by atoms with Gasteiger partial charge in [-0.15, -0.1) is 0 Å². The van der Waals surface area contributed by atoms with Crippen molar-refractivity contribution in [3.05, 3.63) is 22.6 Å². The minimum Gasteiger partial charge on any atom is -0.469 e. The average Bonchev–Trinajstić information content (AvgIpc) is 2.93. The fourth-order valence-electron chi connectivity index (χ4n) is 1.67. The first-order chi connectivity index (χ1) is 9.93. The summed E-state index contributed by atoms with van der Waals surface area (Å²) in [4.78, 5) is 37.8. The third kappa shape index (κ3) is 5.59. The number of nitrogens with zero attached hydrogens (tertiary/aromatic N) is 4. The number of esters is 1. The van der Waals surface area contributed by atoms with Gasteiger partial charge in [-0.05, 0) is 16.3 Å². The largest absolute Gasteiger partial charge is 0.469 e. The number of hydrogen-bond donors (Lipinski definition) is 0. The second-order valence-electron chi connectivity index (χ2n) is 4.47. The summed E-state index contributed by atoms with van der Waals surface area (Å²) in [6.07, 6.45) is 3.61. The van der Waals surface area contributed by atoms with Gasteiger partial charge in [-0.25, -0.2) is 0 Å². The van der Waals surface area contributed by atoms with Crippen molar-refractivity contribution < 1.29 is 19.2 Å². The van der Waals surface area contributed by atoms with Crippen molar-refractivity contribution in [2.45, 2.75) is 25.8 Å². The highest BCUT2D eigenvalue weighted by Gasteiger charge is 2.13. The van der Waals surface area contributed by atoms with Gasteiger partial charge in [0, 0.05) is 33.0 Å². The molecule has 0 atom stereocenters. The van der Waals surface area contributed by atoms with E-state index in [0.717, 1.165) is 0 Å². The van der Waals surface area contributed by atoms with E-state index in [9.17, 15) is 19.7 Å². The SMILES string of the molecule is COC(=O)CCCN(C)C(=O)CCn1cnc([N+](=O)[O-])c1. The molecule has 0 aliphatic rings. The molecule has 0 aliphatic heterocycles. The Labute approximate surface area is 121 Å². The van der Waals surface area contributed by atoms with E-state index in [1.54, 1.807) is 7.05 Å². The minimum absolute atomic E-state index is 0.101. The van der Waals surface area contributed by atoms with Gasteiger partial charge < -0.3 is 24.3 Å². The van der Waals surface area contributed by atoms with Crippen LogP contribution in [0.15, 0.2) is 12.5 Å². The van der Waals surface area contributed by atoms with Crippen LogP contribution in [0, 0.1) is 10.1 Å². The Bertz CT molecular complexity index is 514. The zero-order valence-electron chi connectivity index (χ0n) is 12.0. The van der Waals surface area contributed by atoms with Crippen molar-refractivity contribution in [3.63, 3.8) is 0 Å². The maximum Gasteiger partial charge on any atom is 0.381 e. The maximum atomic E-state index is 11.8. The number of aromatic nitrogens is 2. The van der Waals surface area contributed by atoms with Gasteiger partial charge in [0.25, 0.3) is 0 Å². The van der Waals surface area contributed by atoms with E-state index in [1.165, 1.54) is 29.1 Å². The summed E-state index contributed by atoms with van der Waals surface area (Å²) in [5.41, 5.74) is 0. The summed E-state index contributed by atoms with van der Waals surface area (Å²) < 4.78 is 6.01. The Kier molecular flexibility index (Phi) is 6.31. The van der Waals surface area contributed by atoms with Crippen molar-refractivity contribution in [1.82, 2.24) is 14.5 Å². The molecule has 1 heterocycles. The fraction of sp³-hybridized carbons (Fsp3) is 0.583. The maximum absolute atomic E-state index is 11.8. The van der Waals surface area contributed by atoms with Crippen molar-refractivity contribution >= 4 is 17.7 Å². The molecule has 0 radical (unpaired) electrons. The summed E-state index contributed by atoms with van der Waals surface area (Å²) in [5, 5.41) is 10.5. The lowest BCUT2D eigenvalue weighted by Crippen LogP contribution is -2.28. The average molecular weight is 298 g/mol. The van der Waals surface area contributed by atoms with E-state index in [1.807, 2.05) is 0 Å². The number of imidazole rings is 1. The summed E-state index contributed by atoms with van der Waals surface area (Å²) in [6.45, 7) is 0.777. The van der Waals surface area contributed by atoms with E-state index in [2.05, 4.69) is 9.72 Å². The van der Waals surface area contributed by atoms with Gasteiger partial charge in [0.2, 0.25) is 12.2 Å². The van der Waals surface area contributed by atoms with Crippen LogP contribution in [-0.2, 0) is 20.9 Å². The first-order valence-corrected chi connectivity index (χ1v) is 6.41. The fourth-order valence-corrected chi connectivity index (χ4v) is 1.67. The van der Waals surface area contributed by atoms with Gasteiger partial charge in [0.1, 0.15) is 6.20 Å². The highest BCUT2D eigenvalue weighted by atomic mass is 16.6. The Hall–Kier alpha value is -2.45. The van der Waals surface area contributed by atoms with Gasteiger partial charge in [-0.2, -0.15) is 0 Å². The Morgan fingerprint density at radius 2 is 2.19 bits per heavy atom. The second kappa shape index (κ2) is 7.98. The van der Waals surface area contributed by atoms with E-state index in [4.69, 9.17) is 0 Å². The standard InChI is InChI=1S/C12H18N4O5/c1-14(6-3-4-12(18)21-2)11(17)5-7-15-8-10(13-9-15)16(19)20/h8-9H,3-7H2,1-2H3. The van der Waals surface area contributed by atoms with Crippen LogP contribution in [0.2, 0.25) is 0 Å². The normalized spacial score (nSPS) is 10.2. The molecule has 0 saturated carbocycles. The lowest BCUT2D eigenvalue weighted by Gasteiger charge is -2.16. The number of aryl methyl sites for hydroxylation is 1. The molecule has 1 aromatic heterocycles. The van der Waals surface area contributed by atoms with Crippen molar-refractivity contribution in [2.24, 2.45) is 0 Å². The van der Waals surface area contributed by atoms with E-state index < -0.39 is 4.92 Å². The van der Waals surface area contributed by atoms with Gasteiger partial charge in [-0.1, -0.05) is 0 Å². The molecule has 1 amide bonds. The number of hydrogen-bond acceptors (Lipinski definition) is 6. The van der Waals surface area contributed by atoms with Crippen molar-refractivity contribution in [3.8, 4) is 0 Å². The van der Waals surface area contributed by atoms with Crippen LogP contribution in [0.4, 0.5) is 5.82 Å². The molecule has 0 unspecified atom stereocenters. The van der Waals surface area contributed by atoms with E-state index in [0.29, 0.717) is 19.5 Å². The predicted molar refractivity (Wildman–Crippen MR) is 72.4 cm³/mol. The molecule has 9 nitrogen and oxygen atoms in total. The molecular formula is C12H18N4O5. The van der Waals surface area contributed by atoms with Gasteiger partial charge in [0.05, 0.1) is 7.11 Å². The first kappa shape index (κ1) is 16.6. The first-order valence-electron chi connectivity index (χ1n) is 6.41. The predicted octanol–water partition coefficient (Wildman–Crippen LogP) is 0.593. The summed E-state index contributed by atoms with van der Waals surface area (Å²) in [6, 6.07) is 0. The number of rotatable bonds is 8. The molecule has 0 fully saturated rings. The van der Waals surface area contributed by atoms with Gasteiger partial charge in [-0.3, -0.25) is 9.59 Å². The molecule has 116 valence electrons. The zero-order valence-corrected chi connectivity index (χ0v) is 12.0. The highest BCUT2D eigenvalue weighted by Crippen LogP contribution is 2.07. The Morgan fingerprint density at radius 3 is 2.76 bits per heavy atom. The molecular weight excluding hydrogens is 280 g/mol. The van der Waals surface area contributed by atoms with Crippen LogP contribution in [0.25, 0.3) is 0 Å². The molecule has 0 N–H and O–H groups in total. The second-order valence-corrected chi connectivity index (χ2v) is 4.47. The van der Waals surface area contributed by atoms with E-state index in [-0.39, 0.29) is 30.5 Å². The number of nitro groups is 1. The number of ether oxygens (including phenoxy) is 1. The molecule has 1 aromatic rings. The smallest absolute Gasteiger partial charge is 0.381 e. The summed E-state index contributed by atoms with van der Waals surface area (Å²) in [7, 11) is 2.97. The number of methoxy groups -OCH3 is 1. The molecule has 1 rings (SSSR count). The van der Waals surface area contributed by atoms with Crippen LogP contribution < -0.4 is 0 Å². The van der Waals surface area contributed by atoms with Crippen LogP contribution in [0.3, 0.4) is 0 Å². The number of carbonyl (C=O) groups excluding carboxylic acids is 2. The topological polar surface area (TPSA) is 108 Å². The molecule has 0 bridgehead atoms. The minimum atomic E-state index is -0.586. The molecule has 0 aliphatic carbocycles. The van der Waals surface area contributed by atoms with E-state index >= 15 is 0 Å². The van der Waals surface area contributed by atoms with Crippen molar-refractivity contribution in [2.75, 3.05) is 20.7 Å². The molecule has 0 saturated heterocycles. The van der Waals surface area contributed by atoms with Crippen LogP contribution in [0.1, 0.15) is 19.3 Å². The quantitative estimate of drug-likeness (QED) is 0.395. The lowest BCUT2D eigenvalue weighted by molar-refractivity contribution is -0.389. The summed E-state index contributed by atoms with van der Waals surface area (Å²) in [5.74, 6) is -0.647. The van der Waals surface area contributed by atoms with Crippen LogP contribution in [0.5, 0.6) is 0 Å². The Morgan fingerprint density at radius 1 is 1.48 bits per heavy atom. The zero-order chi connectivity index (χ0) is 15.8. The Balaban J connectivity index is 2.31. The number of amides is 1. The summed E-state index contributed by atoms with van der Waals surface area (Å²) >= 11 is 0. The number of carbonyl (C=O) groups is 2. The molecule has 0 aromatic carbocycles. The highest BCUT2D eigenvalue weighted by molar-refractivity contribution is 5.75. The molecule has 0 spiro atoms. The third-order valence-electron chi connectivity index (χ3n) is 2.92. The van der Waals surface area contributed by atoms with Gasteiger partial charge in [0.15, 0.2) is 0 Å². The molecule has 9 heteroatoms. The monoisotopic (exact) mass is 298 g/mol. The van der Waals surface area contributed by atoms with Crippen molar-refractivity contribution in [1.29, 1.82) is 0 Å². The van der Waals surface area contributed by atoms with Crippen LogP contribution in [-0.4, -0.2) is 52.0 Å². The third-order valence-corrected chi connectivity index (χ3v) is 2.92.